The zero-order valence-electron chi connectivity index (χ0n) is 21.2. The number of hydrogen-bond donors (Lipinski definition) is 0. The zero-order valence-corrected chi connectivity index (χ0v) is 21.2. The van der Waals surface area contributed by atoms with Crippen LogP contribution in [0.2, 0.25) is 0 Å². The maximum absolute atomic E-state index is 16.1. The minimum Gasteiger partial charge on any atom is -0.468 e. The molecule has 6 rings (SSSR count). The molecule has 2 aromatic carbocycles. The second-order valence-corrected chi connectivity index (χ2v) is 9.93. The molecule has 0 aliphatic carbocycles. The predicted molar refractivity (Wildman–Crippen MR) is 139 cm³/mol. The number of ether oxygens (including phenoxy) is 3. The van der Waals surface area contributed by atoms with Crippen molar-refractivity contribution in [3.05, 3.63) is 53.9 Å². The topological polar surface area (TPSA) is 69.6 Å². The molecule has 0 radical (unpaired) electrons. The third-order valence-corrected chi connectivity index (χ3v) is 7.56. The Labute approximate surface area is 222 Å². The number of pyridine rings is 1. The molecule has 7 nitrogen and oxygen atoms in total. The van der Waals surface area contributed by atoms with Gasteiger partial charge in [-0.15, -0.1) is 6.42 Å². The van der Waals surface area contributed by atoms with E-state index in [1.165, 1.54) is 25.6 Å². The first-order chi connectivity index (χ1) is 18.9. The standard InChI is InChI=1S/C29H25F3N4O3/c1-3-21-23(31)6-5-17-9-20(39-16-37-2)10-22(24(17)21)27-25(32)26-18(12-33-27)13-34-28(35-26)38-15-29-7-4-8-36(29)14-19(30)11-29/h1,5-6,9-10,12-13,19H,4,7-8,11,14-16H2,2H3/t19-,29+/m1/s1. The number of nitrogens with zero attached hydrogens (tertiary/aromatic N) is 4. The van der Waals surface area contributed by atoms with Crippen LogP contribution in [-0.2, 0) is 4.74 Å². The van der Waals surface area contributed by atoms with E-state index in [9.17, 15) is 8.78 Å². The Morgan fingerprint density at radius 2 is 2.00 bits per heavy atom. The highest BCUT2D eigenvalue weighted by Gasteiger charge is 2.49. The highest BCUT2D eigenvalue weighted by atomic mass is 19.1. The van der Waals surface area contributed by atoms with Gasteiger partial charge in [0.25, 0.3) is 0 Å². The Kier molecular flexibility index (Phi) is 6.49. The van der Waals surface area contributed by atoms with Crippen LogP contribution in [0.3, 0.4) is 0 Å². The van der Waals surface area contributed by atoms with Crippen molar-refractivity contribution in [3.8, 4) is 35.4 Å². The summed E-state index contributed by atoms with van der Waals surface area (Å²) in [5.74, 6) is 1.38. The van der Waals surface area contributed by atoms with Crippen LogP contribution in [0, 0.1) is 24.0 Å². The molecule has 10 heteroatoms. The van der Waals surface area contributed by atoms with Gasteiger partial charge in [-0.1, -0.05) is 12.0 Å². The van der Waals surface area contributed by atoms with E-state index < -0.39 is 23.3 Å². The first-order valence-electron chi connectivity index (χ1n) is 12.6. The van der Waals surface area contributed by atoms with Crippen molar-refractivity contribution in [1.82, 2.24) is 19.9 Å². The summed E-state index contributed by atoms with van der Waals surface area (Å²) in [5, 5.41) is 1.22. The average Bonchev–Trinajstić information content (AvgIpc) is 3.46. The fraction of sp³-hybridized carbons (Fsp3) is 0.345. The molecule has 2 aliphatic heterocycles. The summed E-state index contributed by atoms with van der Waals surface area (Å²) in [7, 11) is 1.48. The molecule has 4 aromatic rings. The van der Waals surface area contributed by atoms with Crippen LogP contribution < -0.4 is 9.47 Å². The molecule has 0 amide bonds. The number of methoxy groups -OCH3 is 1. The minimum atomic E-state index is -0.895. The quantitative estimate of drug-likeness (QED) is 0.243. The smallest absolute Gasteiger partial charge is 0.317 e. The second-order valence-electron chi connectivity index (χ2n) is 9.93. The Morgan fingerprint density at radius 3 is 2.82 bits per heavy atom. The summed E-state index contributed by atoms with van der Waals surface area (Å²) in [5.41, 5.74) is -0.269. The van der Waals surface area contributed by atoms with Gasteiger partial charge < -0.3 is 14.2 Å². The van der Waals surface area contributed by atoms with Gasteiger partial charge in [0.05, 0.1) is 11.1 Å². The molecule has 2 fully saturated rings. The van der Waals surface area contributed by atoms with Crippen molar-refractivity contribution in [2.75, 3.05) is 33.6 Å². The molecule has 0 bridgehead atoms. The van der Waals surface area contributed by atoms with Gasteiger partial charge in [-0.25, -0.2) is 18.2 Å². The van der Waals surface area contributed by atoms with Gasteiger partial charge in [0.2, 0.25) is 0 Å². The molecule has 2 aromatic heterocycles. The van der Waals surface area contributed by atoms with Crippen molar-refractivity contribution < 1.29 is 27.4 Å². The van der Waals surface area contributed by atoms with Gasteiger partial charge in [-0.2, -0.15) is 4.98 Å². The molecule has 39 heavy (non-hydrogen) atoms. The van der Waals surface area contributed by atoms with Gasteiger partial charge in [0, 0.05) is 48.8 Å². The highest BCUT2D eigenvalue weighted by Crippen LogP contribution is 2.41. The van der Waals surface area contributed by atoms with Crippen molar-refractivity contribution >= 4 is 21.7 Å². The summed E-state index contributed by atoms with van der Waals surface area (Å²) >= 11 is 0. The maximum Gasteiger partial charge on any atom is 0.317 e. The van der Waals surface area contributed by atoms with E-state index in [-0.39, 0.29) is 41.7 Å². The first kappa shape index (κ1) is 25.3. The molecule has 0 spiro atoms. The van der Waals surface area contributed by atoms with Crippen molar-refractivity contribution in [3.63, 3.8) is 0 Å². The first-order valence-corrected chi connectivity index (χ1v) is 12.6. The van der Waals surface area contributed by atoms with Gasteiger partial charge in [0.15, 0.2) is 12.6 Å². The lowest BCUT2D eigenvalue weighted by atomic mass is 9.95. The van der Waals surface area contributed by atoms with E-state index in [4.69, 9.17) is 20.6 Å². The average molecular weight is 535 g/mol. The lowest BCUT2D eigenvalue weighted by Crippen LogP contribution is -2.43. The number of fused-ring (bicyclic) bond motifs is 3. The van der Waals surface area contributed by atoms with Crippen molar-refractivity contribution in [1.29, 1.82) is 0 Å². The van der Waals surface area contributed by atoms with Crippen LogP contribution in [0.15, 0.2) is 36.7 Å². The van der Waals surface area contributed by atoms with E-state index in [0.717, 1.165) is 19.4 Å². The van der Waals surface area contributed by atoms with E-state index in [1.54, 1.807) is 18.2 Å². The summed E-state index contributed by atoms with van der Waals surface area (Å²) in [6.07, 6.45) is 9.80. The lowest BCUT2D eigenvalue weighted by Gasteiger charge is -2.30. The van der Waals surface area contributed by atoms with Crippen molar-refractivity contribution in [2.45, 2.75) is 31.0 Å². The van der Waals surface area contributed by atoms with Crippen LogP contribution in [0.5, 0.6) is 11.8 Å². The molecular formula is C29H25F3N4O3. The van der Waals surface area contributed by atoms with Crippen LogP contribution in [-0.4, -0.2) is 65.2 Å². The van der Waals surface area contributed by atoms with Gasteiger partial charge in [-0.05, 0) is 43.0 Å². The van der Waals surface area contributed by atoms with Crippen LogP contribution in [0.25, 0.3) is 32.9 Å². The number of alkyl halides is 1. The summed E-state index contributed by atoms with van der Waals surface area (Å²) in [4.78, 5) is 15.0. The SMILES string of the molecule is C#Cc1c(F)ccc2cc(OCOC)cc(-c3ncc4cnc(OC[C@@]56CCCN5C[C@H](F)C6)nc4c3F)c12. The molecule has 2 aliphatic rings. The molecule has 0 unspecified atom stereocenters. The molecule has 2 saturated heterocycles. The number of hydrogen-bond acceptors (Lipinski definition) is 7. The van der Waals surface area contributed by atoms with Gasteiger partial charge in [0.1, 0.15) is 35.6 Å². The Hall–Kier alpha value is -3.94. The zero-order chi connectivity index (χ0) is 27.1. The molecule has 200 valence electrons. The third-order valence-electron chi connectivity index (χ3n) is 7.56. The number of terminal acetylenes is 1. The predicted octanol–water partition coefficient (Wildman–Crippen LogP) is 5.04. The molecule has 2 atom stereocenters. The number of halogens is 3. The second kappa shape index (κ2) is 9.98. The highest BCUT2D eigenvalue weighted by molar-refractivity contribution is 6.02. The van der Waals surface area contributed by atoms with E-state index in [0.29, 0.717) is 34.9 Å². The van der Waals surface area contributed by atoms with Crippen LogP contribution in [0.4, 0.5) is 13.2 Å². The Morgan fingerprint density at radius 1 is 1.15 bits per heavy atom. The minimum absolute atomic E-state index is 0.0144. The van der Waals surface area contributed by atoms with E-state index >= 15 is 4.39 Å². The third kappa shape index (κ3) is 4.41. The van der Waals surface area contributed by atoms with Gasteiger partial charge >= 0.3 is 6.01 Å². The fourth-order valence-electron chi connectivity index (χ4n) is 5.80. The number of rotatable bonds is 7. The molecule has 4 heterocycles. The fourth-order valence-corrected chi connectivity index (χ4v) is 5.80. The molecule has 0 saturated carbocycles. The molecular weight excluding hydrogens is 509 g/mol. The molecule has 0 N–H and O–H groups in total. The summed E-state index contributed by atoms with van der Waals surface area (Å²) in [6.45, 7) is 1.39. The Bertz CT molecular complexity index is 1630. The van der Waals surface area contributed by atoms with Crippen molar-refractivity contribution in [2.24, 2.45) is 0 Å². The normalized spacial score (nSPS) is 20.8. The summed E-state index contributed by atoms with van der Waals surface area (Å²) in [6, 6.07) is 5.99. The number of benzene rings is 2. The number of aromatic nitrogens is 3. The van der Waals surface area contributed by atoms with Crippen LogP contribution >= 0.6 is 0 Å². The van der Waals surface area contributed by atoms with Crippen LogP contribution in [0.1, 0.15) is 24.8 Å². The maximum atomic E-state index is 16.1. The van der Waals surface area contributed by atoms with E-state index in [2.05, 4.69) is 25.8 Å². The lowest BCUT2D eigenvalue weighted by molar-refractivity contribution is 0.0512. The monoisotopic (exact) mass is 534 g/mol. The van der Waals surface area contributed by atoms with Gasteiger partial charge in [-0.3, -0.25) is 9.88 Å². The summed E-state index contributed by atoms with van der Waals surface area (Å²) < 4.78 is 61.4. The van der Waals surface area contributed by atoms with E-state index in [1.807, 2.05) is 0 Å². The Balaban J connectivity index is 1.42. The largest absolute Gasteiger partial charge is 0.468 e.